The smallest absolute Gasteiger partial charge is 0.146 e. The predicted molar refractivity (Wildman–Crippen MR) is 72.6 cm³/mol. The fraction of sp³-hybridized carbons (Fsp3) is 0.600. The van der Waals surface area contributed by atoms with Gasteiger partial charge in [-0.2, -0.15) is 0 Å². The Labute approximate surface area is 108 Å². The highest BCUT2D eigenvalue weighted by Gasteiger charge is 2.29. The third-order valence-corrected chi connectivity index (χ3v) is 4.28. The van der Waals surface area contributed by atoms with Gasteiger partial charge in [-0.1, -0.05) is 12.5 Å². The lowest BCUT2D eigenvalue weighted by Gasteiger charge is -2.45. The third kappa shape index (κ3) is 2.24. The normalized spacial score (nSPS) is 25.0. The molecule has 1 aromatic carbocycles. The van der Waals surface area contributed by atoms with Crippen LogP contribution in [0.4, 0.5) is 10.1 Å². The number of aryl methyl sites for hydroxylation is 1. The molecule has 0 bridgehead atoms. The fourth-order valence-corrected chi connectivity index (χ4v) is 3.24. The minimum absolute atomic E-state index is 0.0701. The number of anilines is 1. The van der Waals surface area contributed by atoms with Crippen LogP contribution in [-0.2, 0) is 0 Å². The first kappa shape index (κ1) is 12.0. The molecule has 1 atom stereocenters. The summed E-state index contributed by atoms with van der Waals surface area (Å²) >= 11 is 0. The lowest BCUT2D eigenvalue weighted by atomic mass is 9.99. The Bertz CT molecular complexity index is 433. The van der Waals surface area contributed by atoms with Crippen molar-refractivity contribution in [1.82, 2.24) is 4.90 Å². The molecule has 2 nitrogen and oxygen atoms in total. The van der Waals surface area contributed by atoms with Crippen molar-refractivity contribution in [2.24, 2.45) is 0 Å². The van der Waals surface area contributed by atoms with Crippen LogP contribution in [-0.4, -0.2) is 37.1 Å². The molecule has 0 amide bonds. The van der Waals surface area contributed by atoms with Crippen molar-refractivity contribution in [1.29, 1.82) is 0 Å². The maximum absolute atomic E-state index is 14.0. The van der Waals surface area contributed by atoms with Gasteiger partial charge in [-0.3, -0.25) is 4.90 Å². The highest BCUT2D eigenvalue weighted by Crippen LogP contribution is 2.27. The van der Waals surface area contributed by atoms with E-state index in [2.05, 4.69) is 9.80 Å². The van der Waals surface area contributed by atoms with Crippen LogP contribution in [0.3, 0.4) is 0 Å². The summed E-state index contributed by atoms with van der Waals surface area (Å²) in [5.41, 5.74) is 1.78. The van der Waals surface area contributed by atoms with Gasteiger partial charge in [0.1, 0.15) is 5.82 Å². The Morgan fingerprint density at radius 1 is 1.17 bits per heavy atom. The van der Waals surface area contributed by atoms with Crippen LogP contribution in [0.2, 0.25) is 0 Å². The van der Waals surface area contributed by atoms with E-state index in [1.165, 1.54) is 25.8 Å². The highest BCUT2D eigenvalue weighted by atomic mass is 19.1. The largest absolute Gasteiger partial charge is 0.366 e. The summed E-state index contributed by atoms with van der Waals surface area (Å²) in [5.74, 6) is -0.0701. The van der Waals surface area contributed by atoms with Crippen LogP contribution < -0.4 is 4.90 Å². The van der Waals surface area contributed by atoms with E-state index in [-0.39, 0.29) is 5.82 Å². The van der Waals surface area contributed by atoms with E-state index >= 15 is 0 Å². The molecule has 2 saturated heterocycles. The first-order valence-electron chi connectivity index (χ1n) is 6.99. The zero-order valence-electron chi connectivity index (χ0n) is 11.0. The van der Waals surface area contributed by atoms with Gasteiger partial charge in [0.05, 0.1) is 5.69 Å². The molecule has 3 rings (SSSR count). The topological polar surface area (TPSA) is 6.48 Å². The van der Waals surface area contributed by atoms with E-state index in [1.807, 2.05) is 19.1 Å². The number of hydrogen-bond acceptors (Lipinski definition) is 2. The number of nitrogens with zero attached hydrogens (tertiary/aromatic N) is 2. The number of hydrogen-bond donors (Lipinski definition) is 0. The van der Waals surface area contributed by atoms with E-state index in [0.717, 1.165) is 30.9 Å². The van der Waals surface area contributed by atoms with E-state index < -0.39 is 0 Å². The van der Waals surface area contributed by atoms with Crippen molar-refractivity contribution in [3.63, 3.8) is 0 Å². The monoisotopic (exact) mass is 248 g/mol. The third-order valence-electron chi connectivity index (χ3n) is 4.28. The zero-order chi connectivity index (χ0) is 12.5. The summed E-state index contributed by atoms with van der Waals surface area (Å²) in [7, 11) is 0. The maximum atomic E-state index is 14.0. The Balaban J connectivity index is 1.77. The number of fused-ring (bicyclic) bond motifs is 1. The van der Waals surface area contributed by atoms with Crippen molar-refractivity contribution in [2.45, 2.75) is 32.2 Å². The van der Waals surface area contributed by atoms with Gasteiger partial charge in [-0.05, 0) is 44.0 Å². The molecule has 98 valence electrons. The average molecular weight is 248 g/mol. The van der Waals surface area contributed by atoms with E-state index in [1.54, 1.807) is 6.07 Å². The van der Waals surface area contributed by atoms with Crippen molar-refractivity contribution < 1.29 is 4.39 Å². The number of piperazine rings is 1. The van der Waals surface area contributed by atoms with Crippen LogP contribution in [0.1, 0.15) is 24.8 Å². The lowest BCUT2D eigenvalue weighted by molar-refractivity contribution is 0.133. The molecule has 0 saturated carbocycles. The minimum Gasteiger partial charge on any atom is -0.366 e. The first-order valence-corrected chi connectivity index (χ1v) is 6.99. The molecule has 0 aromatic heterocycles. The van der Waals surface area contributed by atoms with Gasteiger partial charge in [-0.25, -0.2) is 4.39 Å². The number of rotatable bonds is 1. The van der Waals surface area contributed by atoms with E-state index in [4.69, 9.17) is 0 Å². The number of halogens is 1. The van der Waals surface area contributed by atoms with Gasteiger partial charge >= 0.3 is 0 Å². The standard InChI is InChI=1S/C15H21FN2/c1-12-5-6-15(14(16)10-12)18-9-8-17-7-3-2-4-13(17)11-18/h5-6,10,13H,2-4,7-9,11H2,1H3. The van der Waals surface area contributed by atoms with Gasteiger partial charge in [-0.15, -0.1) is 0 Å². The van der Waals surface area contributed by atoms with Crippen molar-refractivity contribution in [3.05, 3.63) is 29.6 Å². The van der Waals surface area contributed by atoms with Crippen LogP contribution in [0, 0.1) is 12.7 Å². The van der Waals surface area contributed by atoms with Crippen molar-refractivity contribution in [2.75, 3.05) is 31.1 Å². The number of piperidine rings is 1. The van der Waals surface area contributed by atoms with Gasteiger partial charge in [0.25, 0.3) is 0 Å². The molecule has 0 radical (unpaired) electrons. The fourth-order valence-electron chi connectivity index (χ4n) is 3.24. The molecule has 2 aliphatic rings. The van der Waals surface area contributed by atoms with Crippen molar-refractivity contribution >= 4 is 5.69 Å². The van der Waals surface area contributed by atoms with Crippen molar-refractivity contribution in [3.8, 4) is 0 Å². The molecule has 2 heterocycles. The van der Waals surface area contributed by atoms with Gasteiger partial charge < -0.3 is 4.90 Å². The van der Waals surface area contributed by atoms with Crippen LogP contribution in [0.15, 0.2) is 18.2 Å². The lowest BCUT2D eigenvalue weighted by Crippen LogP contribution is -2.55. The quantitative estimate of drug-likeness (QED) is 0.754. The molecule has 18 heavy (non-hydrogen) atoms. The minimum atomic E-state index is -0.0701. The summed E-state index contributed by atoms with van der Waals surface area (Å²) in [6.45, 7) is 6.19. The maximum Gasteiger partial charge on any atom is 0.146 e. The predicted octanol–water partition coefficient (Wildman–Crippen LogP) is 2.81. The second-order valence-corrected chi connectivity index (χ2v) is 5.59. The molecular weight excluding hydrogens is 227 g/mol. The van der Waals surface area contributed by atoms with Crippen LogP contribution in [0.25, 0.3) is 0 Å². The second kappa shape index (κ2) is 4.88. The Morgan fingerprint density at radius 3 is 2.89 bits per heavy atom. The van der Waals surface area contributed by atoms with Crippen LogP contribution >= 0.6 is 0 Å². The Kier molecular flexibility index (Phi) is 3.25. The molecule has 3 heteroatoms. The summed E-state index contributed by atoms with van der Waals surface area (Å²) in [4.78, 5) is 4.80. The summed E-state index contributed by atoms with van der Waals surface area (Å²) in [6.07, 6.45) is 3.92. The van der Waals surface area contributed by atoms with E-state index in [0.29, 0.717) is 6.04 Å². The molecule has 1 aromatic rings. The van der Waals surface area contributed by atoms with Gasteiger partial charge in [0.15, 0.2) is 0 Å². The summed E-state index contributed by atoms with van der Waals surface area (Å²) < 4.78 is 14.0. The van der Waals surface area contributed by atoms with Gasteiger partial charge in [0, 0.05) is 25.7 Å². The Hall–Kier alpha value is -1.09. The second-order valence-electron chi connectivity index (χ2n) is 5.59. The molecule has 2 aliphatic heterocycles. The SMILES string of the molecule is Cc1ccc(N2CCN3CCCCC3C2)c(F)c1. The zero-order valence-corrected chi connectivity index (χ0v) is 11.0. The molecule has 0 aliphatic carbocycles. The molecule has 2 fully saturated rings. The first-order chi connectivity index (χ1) is 8.74. The molecule has 0 N–H and O–H groups in total. The summed E-state index contributed by atoms with van der Waals surface area (Å²) in [5, 5.41) is 0. The Morgan fingerprint density at radius 2 is 2.06 bits per heavy atom. The van der Waals surface area contributed by atoms with Crippen LogP contribution in [0.5, 0.6) is 0 Å². The summed E-state index contributed by atoms with van der Waals surface area (Å²) in [6, 6.07) is 6.21. The average Bonchev–Trinajstić information content (AvgIpc) is 2.38. The van der Waals surface area contributed by atoms with Gasteiger partial charge in [0.2, 0.25) is 0 Å². The molecule has 1 unspecified atom stereocenters. The highest BCUT2D eigenvalue weighted by molar-refractivity contribution is 5.49. The molecular formula is C15H21FN2. The number of benzene rings is 1. The van der Waals surface area contributed by atoms with E-state index in [9.17, 15) is 4.39 Å². The molecule has 0 spiro atoms.